The highest BCUT2D eigenvalue weighted by molar-refractivity contribution is 5.35. The van der Waals surface area contributed by atoms with Crippen LogP contribution < -0.4 is 9.64 Å². The number of ether oxygens (including phenoxy) is 1. The fourth-order valence-electron chi connectivity index (χ4n) is 3.56. The molecule has 0 saturated carbocycles. The second-order valence-electron chi connectivity index (χ2n) is 6.96. The van der Waals surface area contributed by atoms with Gasteiger partial charge < -0.3 is 9.64 Å². The molecule has 1 atom stereocenters. The van der Waals surface area contributed by atoms with E-state index in [1.807, 2.05) is 19.1 Å². The highest BCUT2D eigenvalue weighted by Crippen LogP contribution is 2.22. The molecule has 1 aromatic rings. The third kappa shape index (κ3) is 4.69. The Hall–Kier alpha value is -1.62. The van der Waals surface area contributed by atoms with Crippen LogP contribution in [0.25, 0.3) is 0 Å². The molecule has 132 valence electrons. The number of hydrogen-bond donors (Lipinski definition) is 0. The van der Waals surface area contributed by atoms with E-state index in [2.05, 4.69) is 26.3 Å². The molecule has 1 aromatic heterocycles. The van der Waals surface area contributed by atoms with Gasteiger partial charge in [0, 0.05) is 31.4 Å². The van der Waals surface area contributed by atoms with Gasteiger partial charge in [0.1, 0.15) is 6.10 Å². The zero-order valence-electron chi connectivity index (χ0n) is 14.9. The minimum Gasteiger partial charge on any atom is -0.473 e. The molecular formula is C19H30N4O. The topological polar surface area (TPSA) is 41.5 Å². The van der Waals surface area contributed by atoms with Crippen LogP contribution in [0, 0.1) is 6.92 Å². The van der Waals surface area contributed by atoms with Crippen molar-refractivity contribution in [3.63, 3.8) is 0 Å². The van der Waals surface area contributed by atoms with Gasteiger partial charge in [-0.3, -0.25) is 4.90 Å². The maximum atomic E-state index is 6.29. The van der Waals surface area contributed by atoms with Gasteiger partial charge in [0.25, 0.3) is 0 Å². The van der Waals surface area contributed by atoms with Crippen LogP contribution in [-0.4, -0.2) is 53.7 Å². The molecule has 24 heavy (non-hydrogen) atoms. The Labute approximate surface area is 145 Å². The van der Waals surface area contributed by atoms with Crippen molar-refractivity contribution in [1.82, 2.24) is 14.9 Å². The van der Waals surface area contributed by atoms with Gasteiger partial charge in [0.2, 0.25) is 11.8 Å². The standard InChI is InChI=1S/C19H30N4O/c1-3-4-9-17(15-22-10-5-6-11-22)24-18-14-16(2)20-19(21-18)23-12-7-8-13-23/h3,14,17H,1,4-13,15H2,2H3/t17-/m0/s1. The SMILES string of the molecule is C=CCC[C@@H](CN1CCCC1)Oc1cc(C)nc(N2CCCC2)n1. The van der Waals surface area contributed by atoms with Crippen molar-refractivity contribution in [3.05, 3.63) is 24.4 Å². The zero-order chi connectivity index (χ0) is 16.8. The highest BCUT2D eigenvalue weighted by atomic mass is 16.5. The lowest BCUT2D eigenvalue weighted by Gasteiger charge is -2.24. The largest absolute Gasteiger partial charge is 0.473 e. The molecule has 2 fully saturated rings. The fraction of sp³-hybridized carbons (Fsp3) is 0.684. The molecule has 0 unspecified atom stereocenters. The summed E-state index contributed by atoms with van der Waals surface area (Å²) >= 11 is 0. The molecule has 3 heterocycles. The number of hydrogen-bond acceptors (Lipinski definition) is 5. The Morgan fingerprint density at radius 1 is 1.17 bits per heavy atom. The van der Waals surface area contributed by atoms with Crippen LogP contribution in [0.15, 0.2) is 18.7 Å². The predicted octanol–water partition coefficient (Wildman–Crippen LogP) is 3.19. The number of rotatable bonds is 8. The minimum atomic E-state index is 0.168. The molecular weight excluding hydrogens is 300 g/mol. The van der Waals surface area contributed by atoms with Crippen molar-refractivity contribution < 1.29 is 4.74 Å². The van der Waals surface area contributed by atoms with E-state index in [0.717, 1.165) is 50.0 Å². The predicted molar refractivity (Wildman–Crippen MR) is 97.7 cm³/mol. The maximum Gasteiger partial charge on any atom is 0.228 e. The number of likely N-dealkylation sites (tertiary alicyclic amines) is 1. The summed E-state index contributed by atoms with van der Waals surface area (Å²) in [6.07, 6.45) is 9.17. The summed E-state index contributed by atoms with van der Waals surface area (Å²) in [4.78, 5) is 14.0. The summed E-state index contributed by atoms with van der Waals surface area (Å²) in [6, 6.07) is 1.96. The molecule has 0 amide bonds. The lowest BCUT2D eigenvalue weighted by molar-refractivity contribution is 0.134. The Kier molecular flexibility index (Phi) is 6.07. The molecule has 2 aliphatic heterocycles. The molecule has 0 N–H and O–H groups in total. The second-order valence-corrected chi connectivity index (χ2v) is 6.96. The summed E-state index contributed by atoms with van der Waals surface area (Å²) in [5.41, 5.74) is 0.977. The molecule has 0 aromatic carbocycles. The van der Waals surface area contributed by atoms with Crippen LogP contribution in [0.4, 0.5) is 5.95 Å². The summed E-state index contributed by atoms with van der Waals surface area (Å²) in [5.74, 6) is 1.55. The third-order valence-corrected chi connectivity index (χ3v) is 4.85. The molecule has 0 spiro atoms. The first kappa shape index (κ1) is 17.2. The monoisotopic (exact) mass is 330 g/mol. The lowest BCUT2D eigenvalue weighted by atomic mass is 10.2. The molecule has 5 heteroatoms. The Morgan fingerprint density at radius 2 is 1.88 bits per heavy atom. The van der Waals surface area contributed by atoms with E-state index in [0.29, 0.717) is 0 Å². The number of aromatic nitrogens is 2. The Balaban J connectivity index is 1.68. The van der Waals surface area contributed by atoms with Gasteiger partial charge in [-0.05, 0) is 58.5 Å². The average Bonchev–Trinajstić information content (AvgIpc) is 3.25. The van der Waals surface area contributed by atoms with E-state index in [-0.39, 0.29) is 6.10 Å². The van der Waals surface area contributed by atoms with Gasteiger partial charge in [-0.15, -0.1) is 6.58 Å². The van der Waals surface area contributed by atoms with Crippen molar-refractivity contribution in [2.45, 2.75) is 51.6 Å². The van der Waals surface area contributed by atoms with Gasteiger partial charge in [-0.1, -0.05) is 6.08 Å². The molecule has 3 rings (SSSR count). The smallest absolute Gasteiger partial charge is 0.228 e. The van der Waals surface area contributed by atoms with Crippen molar-refractivity contribution >= 4 is 5.95 Å². The van der Waals surface area contributed by atoms with Gasteiger partial charge in [0.05, 0.1) is 0 Å². The van der Waals surface area contributed by atoms with E-state index in [4.69, 9.17) is 4.74 Å². The lowest BCUT2D eigenvalue weighted by Crippen LogP contribution is -2.34. The summed E-state index contributed by atoms with van der Waals surface area (Å²) < 4.78 is 6.29. The molecule has 0 radical (unpaired) electrons. The van der Waals surface area contributed by atoms with Gasteiger partial charge >= 0.3 is 0 Å². The van der Waals surface area contributed by atoms with Crippen LogP contribution in [0.2, 0.25) is 0 Å². The number of allylic oxidation sites excluding steroid dienone is 1. The van der Waals surface area contributed by atoms with Crippen LogP contribution in [0.3, 0.4) is 0 Å². The summed E-state index contributed by atoms with van der Waals surface area (Å²) in [5, 5.41) is 0. The van der Waals surface area contributed by atoms with E-state index in [1.54, 1.807) is 0 Å². The molecule has 5 nitrogen and oxygen atoms in total. The first-order valence-corrected chi connectivity index (χ1v) is 9.35. The van der Waals surface area contributed by atoms with Crippen LogP contribution in [-0.2, 0) is 0 Å². The van der Waals surface area contributed by atoms with Crippen molar-refractivity contribution in [1.29, 1.82) is 0 Å². The number of anilines is 1. The first-order chi connectivity index (χ1) is 11.7. The summed E-state index contributed by atoms with van der Waals surface area (Å²) in [7, 11) is 0. The van der Waals surface area contributed by atoms with Crippen molar-refractivity contribution in [2.75, 3.05) is 37.6 Å². The Bertz CT molecular complexity index is 536. The number of aryl methyl sites for hydroxylation is 1. The van der Waals surface area contributed by atoms with Crippen LogP contribution in [0.1, 0.15) is 44.2 Å². The van der Waals surface area contributed by atoms with Crippen molar-refractivity contribution in [3.8, 4) is 5.88 Å². The minimum absolute atomic E-state index is 0.168. The quantitative estimate of drug-likeness (QED) is 0.685. The van der Waals surface area contributed by atoms with Gasteiger partial charge in [0.15, 0.2) is 0 Å². The summed E-state index contributed by atoms with van der Waals surface area (Å²) in [6.45, 7) is 11.3. The van der Waals surface area contributed by atoms with Crippen LogP contribution >= 0.6 is 0 Å². The van der Waals surface area contributed by atoms with Crippen LogP contribution in [0.5, 0.6) is 5.88 Å². The normalized spacial score (nSPS) is 19.6. The zero-order valence-corrected chi connectivity index (χ0v) is 14.9. The Morgan fingerprint density at radius 3 is 2.58 bits per heavy atom. The fourth-order valence-corrected chi connectivity index (χ4v) is 3.56. The van der Waals surface area contributed by atoms with Crippen molar-refractivity contribution in [2.24, 2.45) is 0 Å². The van der Waals surface area contributed by atoms with Gasteiger partial charge in [-0.25, -0.2) is 4.98 Å². The molecule has 0 bridgehead atoms. The highest BCUT2D eigenvalue weighted by Gasteiger charge is 2.21. The first-order valence-electron chi connectivity index (χ1n) is 9.35. The molecule has 0 aliphatic carbocycles. The average molecular weight is 330 g/mol. The van der Waals surface area contributed by atoms with Gasteiger partial charge in [-0.2, -0.15) is 4.98 Å². The molecule has 2 saturated heterocycles. The second kappa shape index (κ2) is 8.47. The van der Waals surface area contributed by atoms with E-state index >= 15 is 0 Å². The maximum absolute atomic E-state index is 6.29. The van der Waals surface area contributed by atoms with E-state index in [1.165, 1.54) is 38.8 Å². The number of nitrogens with zero attached hydrogens (tertiary/aromatic N) is 4. The van der Waals surface area contributed by atoms with E-state index < -0.39 is 0 Å². The van der Waals surface area contributed by atoms with E-state index in [9.17, 15) is 0 Å². The molecule has 2 aliphatic rings. The third-order valence-electron chi connectivity index (χ3n) is 4.85.